The molecule has 1 aromatic carbocycles. The molecule has 0 aliphatic carbocycles. The fourth-order valence-corrected chi connectivity index (χ4v) is 2.67. The summed E-state index contributed by atoms with van der Waals surface area (Å²) in [6, 6.07) is 6.28. The monoisotopic (exact) mass is 349 g/mol. The van der Waals surface area contributed by atoms with E-state index in [2.05, 4.69) is 15.0 Å². The number of hydrogen-bond donors (Lipinski definition) is 1. The molecular weight excluding hydrogens is 331 g/mol. The van der Waals surface area contributed by atoms with Crippen LogP contribution in [-0.2, 0) is 0 Å². The Balaban J connectivity index is 0.000000173. The zero-order valence-corrected chi connectivity index (χ0v) is 13.4. The first kappa shape index (κ1) is 17.2. The minimum Gasteiger partial charge on any atom is -0.355 e. The second-order valence-corrected chi connectivity index (χ2v) is 5.83. The minimum atomic E-state index is -1.16. The maximum Gasteiger partial charge on any atom is 0.161 e. The van der Waals surface area contributed by atoms with Crippen molar-refractivity contribution < 1.29 is 13.2 Å². The average molecular weight is 349 g/mol. The lowest BCUT2D eigenvalue weighted by atomic mass is 10.1. The normalized spacial score (nSPS) is 17.3. The number of piperidine rings is 1. The van der Waals surface area contributed by atoms with Gasteiger partial charge in [0.2, 0.25) is 0 Å². The van der Waals surface area contributed by atoms with E-state index >= 15 is 0 Å². The van der Waals surface area contributed by atoms with Gasteiger partial charge in [0.1, 0.15) is 11.6 Å². The van der Waals surface area contributed by atoms with Gasteiger partial charge in [0.25, 0.3) is 0 Å². The number of fused-ring (bicyclic) bond motifs is 1. The van der Waals surface area contributed by atoms with Crippen molar-refractivity contribution in [3.63, 3.8) is 0 Å². The lowest BCUT2D eigenvalue weighted by Crippen LogP contribution is -2.43. The Labute approximate surface area is 142 Å². The first-order valence-electron chi connectivity index (χ1n) is 7.94. The van der Waals surface area contributed by atoms with Crippen LogP contribution in [0, 0.1) is 17.5 Å². The van der Waals surface area contributed by atoms with Crippen molar-refractivity contribution in [1.29, 1.82) is 0 Å². The van der Waals surface area contributed by atoms with Crippen LogP contribution < -0.4 is 10.6 Å². The molecule has 0 amide bonds. The summed E-state index contributed by atoms with van der Waals surface area (Å²) in [4.78, 5) is 6.82. The van der Waals surface area contributed by atoms with Crippen LogP contribution in [-0.4, -0.2) is 33.7 Å². The summed E-state index contributed by atoms with van der Waals surface area (Å²) in [6.45, 7) is 1.95. The van der Waals surface area contributed by atoms with Crippen LogP contribution in [0.25, 0.3) is 5.65 Å². The summed E-state index contributed by atoms with van der Waals surface area (Å²) in [6.07, 6.45) is 5.96. The summed E-state index contributed by atoms with van der Waals surface area (Å²) in [7, 11) is 0. The van der Waals surface area contributed by atoms with Crippen molar-refractivity contribution in [2.75, 3.05) is 18.0 Å². The van der Waals surface area contributed by atoms with Crippen LogP contribution in [0.1, 0.15) is 12.8 Å². The van der Waals surface area contributed by atoms with Crippen molar-refractivity contribution >= 4 is 11.5 Å². The standard InChI is InChI=1S/C11H15N5.C6H3F3/c12-9-2-1-6-15(8-9)10-4-7-16-11(14-10)3-5-13-16;7-4-1-2-5(8)6(9)3-4/h3-5,7,9H,1-2,6,8,12H2;1-3H/t9-;/m1./s1. The molecule has 3 heterocycles. The summed E-state index contributed by atoms with van der Waals surface area (Å²) in [5.74, 6) is -1.96. The van der Waals surface area contributed by atoms with E-state index in [1.54, 1.807) is 10.7 Å². The van der Waals surface area contributed by atoms with E-state index in [4.69, 9.17) is 5.73 Å². The number of anilines is 1. The van der Waals surface area contributed by atoms with Gasteiger partial charge in [-0.05, 0) is 31.0 Å². The lowest BCUT2D eigenvalue weighted by Gasteiger charge is -2.31. The summed E-state index contributed by atoms with van der Waals surface area (Å²) in [5.41, 5.74) is 6.85. The Morgan fingerprint density at radius 3 is 2.64 bits per heavy atom. The van der Waals surface area contributed by atoms with E-state index in [0.717, 1.165) is 49.5 Å². The van der Waals surface area contributed by atoms with Gasteiger partial charge in [0.15, 0.2) is 17.3 Å². The maximum absolute atomic E-state index is 12.0. The van der Waals surface area contributed by atoms with Gasteiger partial charge in [-0.25, -0.2) is 22.7 Å². The molecule has 8 heteroatoms. The minimum absolute atomic E-state index is 0.275. The number of aromatic nitrogens is 3. The fourth-order valence-electron chi connectivity index (χ4n) is 2.67. The van der Waals surface area contributed by atoms with Crippen LogP contribution >= 0.6 is 0 Å². The molecule has 0 bridgehead atoms. The first-order valence-corrected chi connectivity index (χ1v) is 7.94. The molecule has 2 N–H and O–H groups in total. The molecule has 1 aliphatic rings. The van der Waals surface area contributed by atoms with Gasteiger partial charge in [-0.1, -0.05) is 0 Å². The molecule has 3 aromatic rings. The highest BCUT2D eigenvalue weighted by atomic mass is 19.2. The summed E-state index contributed by atoms with van der Waals surface area (Å²) in [5, 5.41) is 4.13. The highest BCUT2D eigenvalue weighted by Crippen LogP contribution is 2.17. The van der Waals surface area contributed by atoms with Crippen LogP contribution in [0.4, 0.5) is 19.0 Å². The van der Waals surface area contributed by atoms with E-state index in [1.807, 2.05) is 18.3 Å². The van der Waals surface area contributed by atoms with E-state index in [-0.39, 0.29) is 6.04 Å². The molecule has 1 aliphatic heterocycles. The molecule has 4 rings (SSSR count). The third-order valence-electron chi connectivity index (χ3n) is 3.91. The Morgan fingerprint density at radius 2 is 1.92 bits per heavy atom. The van der Waals surface area contributed by atoms with Crippen molar-refractivity contribution in [3.8, 4) is 0 Å². The van der Waals surface area contributed by atoms with Gasteiger partial charge in [-0.3, -0.25) is 0 Å². The van der Waals surface area contributed by atoms with E-state index in [1.165, 1.54) is 0 Å². The van der Waals surface area contributed by atoms with Gasteiger partial charge in [0, 0.05) is 37.5 Å². The zero-order valence-electron chi connectivity index (χ0n) is 13.4. The highest BCUT2D eigenvalue weighted by Gasteiger charge is 2.17. The number of hydrogen-bond acceptors (Lipinski definition) is 4. The van der Waals surface area contributed by atoms with Gasteiger partial charge >= 0.3 is 0 Å². The van der Waals surface area contributed by atoms with E-state index in [9.17, 15) is 13.2 Å². The molecule has 0 unspecified atom stereocenters. The summed E-state index contributed by atoms with van der Waals surface area (Å²) >= 11 is 0. The Bertz CT molecular complexity index is 851. The fraction of sp³-hybridized carbons (Fsp3) is 0.294. The Kier molecular flexibility index (Phi) is 5.18. The van der Waals surface area contributed by atoms with E-state index < -0.39 is 17.5 Å². The predicted molar refractivity (Wildman–Crippen MR) is 88.7 cm³/mol. The molecule has 0 saturated carbocycles. The predicted octanol–water partition coefficient (Wildman–Crippen LogP) is 2.76. The molecule has 2 aromatic heterocycles. The van der Waals surface area contributed by atoms with Crippen molar-refractivity contribution in [3.05, 3.63) is 60.2 Å². The second kappa shape index (κ2) is 7.52. The van der Waals surface area contributed by atoms with Crippen molar-refractivity contribution in [2.24, 2.45) is 5.73 Å². The smallest absolute Gasteiger partial charge is 0.161 e. The van der Waals surface area contributed by atoms with Crippen LogP contribution in [0.3, 0.4) is 0 Å². The molecule has 1 atom stereocenters. The zero-order chi connectivity index (χ0) is 17.8. The molecule has 0 radical (unpaired) electrons. The van der Waals surface area contributed by atoms with Crippen LogP contribution in [0.15, 0.2) is 42.7 Å². The Morgan fingerprint density at radius 1 is 1.08 bits per heavy atom. The van der Waals surface area contributed by atoms with Gasteiger partial charge in [-0.2, -0.15) is 5.10 Å². The third-order valence-corrected chi connectivity index (χ3v) is 3.91. The maximum atomic E-state index is 12.0. The number of benzene rings is 1. The molecule has 1 saturated heterocycles. The second-order valence-electron chi connectivity index (χ2n) is 5.83. The van der Waals surface area contributed by atoms with Gasteiger partial charge < -0.3 is 10.6 Å². The largest absolute Gasteiger partial charge is 0.355 e. The van der Waals surface area contributed by atoms with E-state index in [0.29, 0.717) is 6.07 Å². The van der Waals surface area contributed by atoms with Gasteiger partial charge in [-0.15, -0.1) is 0 Å². The topological polar surface area (TPSA) is 59.5 Å². The average Bonchev–Trinajstić information content (AvgIpc) is 3.07. The molecule has 5 nitrogen and oxygen atoms in total. The molecular formula is C17H18F3N5. The number of halogens is 3. The Hall–Kier alpha value is -2.61. The lowest BCUT2D eigenvalue weighted by molar-refractivity contribution is 0.495. The van der Waals surface area contributed by atoms with Crippen LogP contribution in [0.5, 0.6) is 0 Å². The number of nitrogens with two attached hydrogens (primary N) is 1. The number of rotatable bonds is 1. The molecule has 25 heavy (non-hydrogen) atoms. The third kappa shape index (κ3) is 4.27. The van der Waals surface area contributed by atoms with Gasteiger partial charge in [0.05, 0.1) is 6.20 Å². The highest BCUT2D eigenvalue weighted by molar-refractivity contribution is 5.47. The first-order chi connectivity index (χ1) is 12.0. The van der Waals surface area contributed by atoms with Crippen molar-refractivity contribution in [1.82, 2.24) is 14.6 Å². The number of nitrogens with zero attached hydrogens (tertiary/aromatic N) is 4. The quantitative estimate of drug-likeness (QED) is 0.687. The van der Waals surface area contributed by atoms with Crippen LogP contribution in [0.2, 0.25) is 0 Å². The summed E-state index contributed by atoms with van der Waals surface area (Å²) < 4.78 is 37.6. The molecule has 0 spiro atoms. The SMILES string of the molecule is Fc1ccc(F)c(F)c1.N[C@@H]1CCCN(c2ccn3nccc3n2)C1. The van der Waals surface area contributed by atoms with Crippen molar-refractivity contribution in [2.45, 2.75) is 18.9 Å². The molecule has 1 fully saturated rings. The molecule has 132 valence electrons.